The molecule has 2 aromatic carbocycles. The zero-order valence-electron chi connectivity index (χ0n) is 11.4. The predicted molar refractivity (Wildman–Crippen MR) is 80.3 cm³/mol. The number of ether oxygens (including phenoxy) is 1. The Labute approximate surface area is 131 Å². The molecule has 3 rings (SSSR count). The maximum Gasteiger partial charge on any atom is 0.338 e. The van der Waals surface area contributed by atoms with Crippen LogP contribution in [-0.2, 0) is 11.3 Å². The highest BCUT2D eigenvalue weighted by atomic mass is 35.5. The van der Waals surface area contributed by atoms with E-state index in [1.807, 2.05) is 6.07 Å². The lowest BCUT2D eigenvalue weighted by Crippen LogP contribution is -2.05. The first kappa shape index (κ1) is 14.3. The van der Waals surface area contributed by atoms with Gasteiger partial charge < -0.3 is 9.15 Å². The molecule has 110 valence electrons. The van der Waals surface area contributed by atoms with E-state index < -0.39 is 5.97 Å². The maximum atomic E-state index is 11.8. The number of carbonyl (C=O) groups is 1. The second-order valence-corrected chi connectivity index (χ2v) is 4.89. The zero-order chi connectivity index (χ0) is 15.4. The number of aromatic nitrogens is 2. The van der Waals surface area contributed by atoms with Crippen LogP contribution < -0.4 is 0 Å². The highest BCUT2D eigenvalue weighted by molar-refractivity contribution is 6.30. The number of rotatable bonds is 4. The Balaban J connectivity index is 1.65. The molecule has 0 unspecified atom stereocenters. The Bertz CT molecular complexity index is 770. The topological polar surface area (TPSA) is 65.2 Å². The Morgan fingerprint density at radius 2 is 1.77 bits per heavy atom. The maximum absolute atomic E-state index is 11.8. The molecule has 6 heteroatoms. The van der Waals surface area contributed by atoms with E-state index in [9.17, 15) is 4.79 Å². The van der Waals surface area contributed by atoms with Crippen LogP contribution in [0, 0.1) is 0 Å². The molecular formula is C16H11ClN2O3. The number of esters is 1. The monoisotopic (exact) mass is 314 g/mol. The van der Waals surface area contributed by atoms with Crippen molar-refractivity contribution in [3.05, 3.63) is 71.1 Å². The van der Waals surface area contributed by atoms with Crippen molar-refractivity contribution in [2.24, 2.45) is 0 Å². The van der Waals surface area contributed by atoms with Crippen LogP contribution in [-0.4, -0.2) is 16.2 Å². The second-order valence-electron chi connectivity index (χ2n) is 4.45. The van der Waals surface area contributed by atoms with Gasteiger partial charge in [-0.25, -0.2) is 4.79 Å². The predicted octanol–water partition coefficient (Wildman–Crippen LogP) is 3.75. The van der Waals surface area contributed by atoms with E-state index in [4.69, 9.17) is 20.8 Å². The van der Waals surface area contributed by atoms with Gasteiger partial charge in [0, 0.05) is 10.6 Å². The van der Waals surface area contributed by atoms with Crippen molar-refractivity contribution in [3.63, 3.8) is 0 Å². The van der Waals surface area contributed by atoms with E-state index in [0.717, 1.165) is 5.56 Å². The number of nitrogens with zero attached hydrogens (tertiary/aromatic N) is 2. The highest BCUT2D eigenvalue weighted by Crippen LogP contribution is 2.20. The Morgan fingerprint density at radius 3 is 2.50 bits per heavy atom. The summed E-state index contributed by atoms with van der Waals surface area (Å²) in [6.45, 7) is -0.0751. The van der Waals surface area contributed by atoms with Crippen LogP contribution in [0.4, 0.5) is 0 Å². The van der Waals surface area contributed by atoms with Crippen LogP contribution in [0.1, 0.15) is 16.2 Å². The summed E-state index contributed by atoms with van der Waals surface area (Å²) in [5.41, 5.74) is 1.22. The SMILES string of the molecule is O=C(OCc1nnc(-c2ccc(Cl)cc2)o1)c1ccccc1. The van der Waals surface area contributed by atoms with Crippen molar-refractivity contribution in [3.8, 4) is 11.5 Å². The molecule has 0 fully saturated rings. The average Bonchev–Trinajstić information content (AvgIpc) is 3.03. The van der Waals surface area contributed by atoms with E-state index >= 15 is 0 Å². The molecular weight excluding hydrogens is 304 g/mol. The standard InChI is InChI=1S/C16H11ClN2O3/c17-13-8-6-11(7-9-13)15-19-18-14(22-15)10-21-16(20)12-4-2-1-3-5-12/h1-9H,10H2. The summed E-state index contributed by atoms with van der Waals surface area (Å²) in [6, 6.07) is 15.7. The molecule has 0 N–H and O–H groups in total. The van der Waals surface area contributed by atoms with Crippen molar-refractivity contribution >= 4 is 17.6 Å². The normalized spacial score (nSPS) is 10.4. The highest BCUT2D eigenvalue weighted by Gasteiger charge is 2.12. The Kier molecular flexibility index (Phi) is 4.16. The first-order valence-electron chi connectivity index (χ1n) is 6.53. The van der Waals surface area contributed by atoms with Crippen LogP contribution in [0.15, 0.2) is 59.0 Å². The summed E-state index contributed by atoms with van der Waals surface area (Å²) in [7, 11) is 0. The smallest absolute Gasteiger partial charge is 0.338 e. The zero-order valence-corrected chi connectivity index (χ0v) is 12.2. The van der Waals surface area contributed by atoms with Crippen molar-refractivity contribution in [1.29, 1.82) is 0 Å². The minimum absolute atomic E-state index is 0.0751. The molecule has 0 aliphatic heterocycles. The molecule has 0 bridgehead atoms. The molecule has 0 atom stereocenters. The summed E-state index contributed by atoms with van der Waals surface area (Å²) in [4.78, 5) is 11.8. The van der Waals surface area contributed by atoms with E-state index in [-0.39, 0.29) is 12.5 Å². The van der Waals surface area contributed by atoms with E-state index in [1.165, 1.54) is 0 Å². The quantitative estimate of drug-likeness (QED) is 0.686. The molecule has 22 heavy (non-hydrogen) atoms. The van der Waals surface area contributed by atoms with Gasteiger partial charge in [-0.05, 0) is 36.4 Å². The van der Waals surface area contributed by atoms with Crippen molar-refractivity contribution < 1.29 is 13.9 Å². The minimum Gasteiger partial charge on any atom is -0.452 e. The summed E-state index contributed by atoms with van der Waals surface area (Å²) >= 11 is 5.82. The molecule has 3 aromatic rings. The largest absolute Gasteiger partial charge is 0.452 e. The molecule has 0 aliphatic rings. The number of carbonyl (C=O) groups excluding carboxylic acids is 1. The lowest BCUT2D eigenvalue weighted by Gasteiger charge is -2.01. The van der Waals surface area contributed by atoms with Crippen LogP contribution in [0.2, 0.25) is 5.02 Å². The number of benzene rings is 2. The molecule has 0 radical (unpaired) electrons. The fourth-order valence-electron chi connectivity index (χ4n) is 1.81. The van der Waals surface area contributed by atoms with Crippen LogP contribution in [0.25, 0.3) is 11.5 Å². The van der Waals surface area contributed by atoms with Gasteiger partial charge in [-0.2, -0.15) is 0 Å². The van der Waals surface area contributed by atoms with Crippen molar-refractivity contribution in [2.45, 2.75) is 6.61 Å². The minimum atomic E-state index is -0.438. The van der Waals surface area contributed by atoms with E-state index in [0.29, 0.717) is 16.5 Å². The van der Waals surface area contributed by atoms with Crippen LogP contribution in [0.5, 0.6) is 0 Å². The molecule has 0 saturated heterocycles. The number of hydrogen-bond acceptors (Lipinski definition) is 5. The first-order chi connectivity index (χ1) is 10.7. The van der Waals surface area contributed by atoms with Gasteiger partial charge >= 0.3 is 5.97 Å². The van der Waals surface area contributed by atoms with Gasteiger partial charge in [0.25, 0.3) is 5.89 Å². The van der Waals surface area contributed by atoms with Crippen LogP contribution in [0.3, 0.4) is 0 Å². The summed E-state index contributed by atoms with van der Waals surface area (Å²) in [5, 5.41) is 8.39. The molecule has 1 heterocycles. The van der Waals surface area contributed by atoms with Gasteiger partial charge in [-0.1, -0.05) is 29.8 Å². The molecule has 1 aromatic heterocycles. The number of halogens is 1. The third-order valence-electron chi connectivity index (χ3n) is 2.89. The van der Waals surface area contributed by atoms with Gasteiger partial charge in [0.2, 0.25) is 5.89 Å². The van der Waals surface area contributed by atoms with E-state index in [2.05, 4.69) is 10.2 Å². The van der Waals surface area contributed by atoms with Gasteiger partial charge in [0.15, 0.2) is 6.61 Å². The third-order valence-corrected chi connectivity index (χ3v) is 3.15. The summed E-state index contributed by atoms with van der Waals surface area (Å²) in [5.74, 6) is 0.142. The molecule has 0 spiro atoms. The van der Waals surface area contributed by atoms with Gasteiger partial charge in [-0.15, -0.1) is 10.2 Å². The number of hydrogen-bond donors (Lipinski definition) is 0. The lowest BCUT2D eigenvalue weighted by atomic mass is 10.2. The molecule has 0 aliphatic carbocycles. The van der Waals surface area contributed by atoms with Gasteiger partial charge in [0.05, 0.1) is 5.56 Å². The Hall–Kier alpha value is -2.66. The fraction of sp³-hybridized carbons (Fsp3) is 0.0625. The van der Waals surface area contributed by atoms with Gasteiger partial charge in [-0.3, -0.25) is 0 Å². The van der Waals surface area contributed by atoms with Crippen LogP contribution >= 0.6 is 11.6 Å². The fourth-order valence-corrected chi connectivity index (χ4v) is 1.93. The van der Waals surface area contributed by atoms with Crippen molar-refractivity contribution in [1.82, 2.24) is 10.2 Å². The summed E-state index contributed by atoms with van der Waals surface area (Å²) < 4.78 is 10.6. The lowest BCUT2D eigenvalue weighted by molar-refractivity contribution is 0.0438. The second kappa shape index (κ2) is 6.41. The molecule has 5 nitrogen and oxygen atoms in total. The van der Waals surface area contributed by atoms with Gasteiger partial charge in [0.1, 0.15) is 0 Å². The Morgan fingerprint density at radius 1 is 1.05 bits per heavy atom. The summed E-state index contributed by atoms with van der Waals surface area (Å²) in [6.07, 6.45) is 0. The van der Waals surface area contributed by atoms with E-state index in [1.54, 1.807) is 48.5 Å². The average molecular weight is 315 g/mol. The molecule has 0 amide bonds. The molecule has 0 saturated carbocycles. The third kappa shape index (κ3) is 3.32. The first-order valence-corrected chi connectivity index (χ1v) is 6.90. The van der Waals surface area contributed by atoms with Crippen molar-refractivity contribution in [2.75, 3.05) is 0 Å².